The topological polar surface area (TPSA) is 82.8 Å². The van der Waals surface area contributed by atoms with Gasteiger partial charge in [-0.15, -0.1) is 0 Å². The van der Waals surface area contributed by atoms with Crippen LogP contribution in [0.15, 0.2) is 53.1 Å². The van der Waals surface area contributed by atoms with Gasteiger partial charge in [0.2, 0.25) is 0 Å². The summed E-state index contributed by atoms with van der Waals surface area (Å²) in [7, 11) is 3.17. The summed E-state index contributed by atoms with van der Waals surface area (Å²) in [5.74, 6) is 2.18. The van der Waals surface area contributed by atoms with Crippen molar-refractivity contribution >= 4 is 11.6 Å². The zero-order chi connectivity index (χ0) is 19.2. The first-order valence-corrected chi connectivity index (χ1v) is 8.28. The summed E-state index contributed by atoms with van der Waals surface area (Å²) in [6, 6.07) is 14.2. The number of methoxy groups -OCH3 is 2. The number of benzene rings is 2. The molecule has 0 radical (unpaired) electrons. The fraction of sp³-hybridized carbons (Fsp3) is 0.200. The summed E-state index contributed by atoms with van der Waals surface area (Å²) in [6.45, 7) is 1.89. The van der Waals surface area contributed by atoms with Crippen molar-refractivity contribution in [3.05, 3.63) is 65.5 Å². The number of ether oxygens (including phenoxy) is 3. The molecule has 0 unspecified atom stereocenters. The lowest BCUT2D eigenvalue weighted by Gasteiger charge is -2.08. The van der Waals surface area contributed by atoms with Gasteiger partial charge in [-0.3, -0.25) is 4.79 Å². The highest BCUT2D eigenvalue weighted by molar-refractivity contribution is 6.04. The number of nitrogens with zero attached hydrogens (tertiary/aromatic N) is 1. The molecule has 2 aromatic carbocycles. The quantitative estimate of drug-likeness (QED) is 0.682. The number of rotatable bonds is 7. The van der Waals surface area contributed by atoms with E-state index < -0.39 is 0 Å². The van der Waals surface area contributed by atoms with E-state index in [9.17, 15) is 4.79 Å². The number of carbonyl (C=O) groups is 1. The lowest BCUT2D eigenvalue weighted by atomic mass is 10.2. The first-order valence-electron chi connectivity index (χ1n) is 8.28. The summed E-state index contributed by atoms with van der Waals surface area (Å²) in [5, 5.41) is 6.66. The highest BCUT2D eigenvalue weighted by atomic mass is 16.5. The Morgan fingerprint density at radius 1 is 1.04 bits per heavy atom. The zero-order valence-electron chi connectivity index (χ0n) is 15.3. The van der Waals surface area contributed by atoms with Crippen LogP contribution in [0.1, 0.15) is 21.8 Å². The molecule has 0 fully saturated rings. The Balaban J connectivity index is 1.71. The fourth-order valence-corrected chi connectivity index (χ4v) is 2.46. The van der Waals surface area contributed by atoms with Crippen LogP contribution in [0.4, 0.5) is 5.69 Å². The Kier molecular flexibility index (Phi) is 5.61. The molecule has 0 aliphatic carbocycles. The van der Waals surface area contributed by atoms with Crippen LogP contribution >= 0.6 is 0 Å². The number of hydrogen-bond acceptors (Lipinski definition) is 6. The number of amides is 1. The van der Waals surface area contributed by atoms with Crippen molar-refractivity contribution in [1.29, 1.82) is 0 Å². The Morgan fingerprint density at radius 3 is 2.44 bits per heavy atom. The van der Waals surface area contributed by atoms with Crippen molar-refractivity contribution in [2.24, 2.45) is 0 Å². The fourth-order valence-electron chi connectivity index (χ4n) is 2.46. The van der Waals surface area contributed by atoms with Gasteiger partial charge in [0, 0.05) is 11.8 Å². The largest absolute Gasteiger partial charge is 0.497 e. The van der Waals surface area contributed by atoms with Gasteiger partial charge in [0.25, 0.3) is 5.91 Å². The zero-order valence-corrected chi connectivity index (χ0v) is 15.3. The summed E-state index contributed by atoms with van der Waals surface area (Å²) in [5.41, 5.74) is 1.37. The van der Waals surface area contributed by atoms with E-state index in [1.54, 1.807) is 69.7 Å². The van der Waals surface area contributed by atoms with E-state index in [-0.39, 0.29) is 18.2 Å². The summed E-state index contributed by atoms with van der Waals surface area (Å²) in [6.07, 6.45) is 0. The van der Waals surface area contributed by atoms with Crippen molar-refractivity contribution in [2.45, 2.75) is 13.5 Å². The number of aromatic nitrogens is 1. The molecule has 0 aliphatic heterocycles. The number of carbonyl (C=O) groups excluding carboxylic acids is 1. The minimum atomic E-state index is -0.381. The second-order valence-electron chi connectivity index (χ2n) is 5.72. The highest BCUT2D eigenvalue weighted by Crippen LogP contribution is 2.22. The minimum absolute atomic E-state index is 0.155. The summed E-state index contributed by atoms with van der Waals surface area (Å²) >= 11 is 0. The van der Waals surface area contributed by atoms with Crippen molar-refractivity contribution in [2.75, 3.05) is 19.5 Å². The molecule has 27 heavy (non-hydrogen) atoms. The lowest BCUT2D eigenvalue weighted by Crippen LogP contribution is -2.15. The van der Waals surface area contributed by atoms with Crippen molar-refractivity contribution in [3.8, 4) is 17.2 Å². The van der Waals surface area contributed by atoms with Gasteiger partial charge in [-0.05, 0) is 43.3 Å². The van der Waals surface area contributed by atoms with Crippen LogP contribution in [-0.2, 0) is 6.61 Å². The van der Waals surface area contributed by atoms with E-state index in [2.05, 4.69) is 10.5 Å². The number of anilines is 1. The number of nitrogens with one attached hydrogen (secondary N) is 1. The molecule has 3 aromatic rings. The van der Waals surface area contributed by atoms with E-state index in [4.69, 9.17) is 18.7 Å². The Labute approximate surface area is 156 Å². The summed E-state index contributed by atoms with van der Waals surface area (Å²) in [4.78, 5) is 12.6. The molecule has 0 spiro atoms. The molecule has 1 N–H and O–H groups in total. The molecular formula is C20H20N2O5. The lowest BCUT2D eigenvalue weighted by molar-refractivity contribution is 0.101. The van der Waals surface area contributed by atoms with Gasteiger partial charge >= 0.3 is 0 Å². The van der Waals surface area contributed by atoms with Crippen LogP contribution in [0.5, 0.6) is 17.2 Å². The molecule has 0 aliphatic rings. The van der Waals surface area contributed by atoms with Crippen LogP contribution < -0.4 is 19.5 Å². The standard InChI is InChI=1S/C20H20N2O5/c1-13-18(12-26-16-9-7-15(24-2)8-10-16)19(22-27-13)20(23)21-14-5-4-6-17(11-14)25-3/h4-11H,12H2,1-3H3,(H,21,23). The summed E-state index contributed by atoms with van der Waals surface area (Å²) < 4.78 is 21.2. The molecule has 3 rings (SSSR count). The normalized spacial score (nSPS) is 10.3. The molecule has 0 saturated carbocycles. The van der Waals surface area contributed by atoms with Crippen LogP contribution in [0.2, 0.25) is 0 Å². The monoisotopic (exact) mass is 368 g/mol. The predicted molar refractivity (Wildman–Crippen MR) is 99.5 cm³/mol. The average molecular weight is 368 g/mol. The van der Waals surface area contributed by atoms with Gasteiger partial charge in [0.05, 0.1) is 19.8 Å². The maximum absolute atomic E-state index is 12.6. The van der Waals surface area contributed by atoms with E-state index in [1.165, 1.54) is 0 Å². The molecule has 1 aromatic heterocycles. The van der Waals surface area contributed by atoms with Gasteiger partial charge in [-0.2, -0.15) is 0 Å². The molecule has 7 nitrogen and oxygen atoms in total. The molecule has 140 valence electrons. The Morgan fingerprint density at radius 2 is 1.74 bits per heavy atom. The second kappa shape index (κ2) is 8.27. The maximum Gasteiger partial charge on any atom is 0.278 e. The van der Waals surface area contributed by atoms with Gasteiger partial charge in [-0.1, -0.05) is 11.2 Å². The average Bonchev–Trinajstić information content (AvgIpc) is 3.07. The number of aryl methyl sites for hydroxylation is 1. The first kappa shape index (κ1) is 18.3. The third-order valence-corrected chi connectivity index (χ3v) is 3.97. The van der Waals surface area contributed by atoms with Gasteiger partial charge < -0.3 is 24.1 Å². The van der Waals surface area contributed by atoms with E-state index in [0.717, 1.165) is 5.75 Å². The highest BCUT2D eigenvalue weighted by Gasteiger charge is 2.20. The molecule has 1 amide bonds. The first-order chi connectivity index (χ1) is 13.1. The Hall–Kier alpha value is -3.48. The third-order valence-electron chi connectivity index (χ3n) is 3.97. The molecule has 0 saturated heterocycles. The van der Waals surface area contributed by atoms with Crippen molar-refractivity contribution < 1.29 is 23.5 Å². The van der Waals surface area contributed by atoms with E-state index in [1.807, 2.05) is 0 Å². The Bertz CT molecular complexity index is 918. The molecule has 7 heteroatoms. The van der Waals surface area contributed by atoms with Crippen LogP contribution in [-0.4, -0.2) is 25.3 Å². The smallest absolute Gasteiger partial charge is 0.278 e. The van der Waals surface area contributed by atoms with Crippen molar-refractivity contribution in [3.63, 3.8) is 0 Å². The minimum Gasteiger partial charge on any atom is -0.497 e. The second-order valence-corrected chi connectivity index (χ2v) is 5.72. The van der Waals surface area contributed by atoms with Gasteiger partial charge in [0.1, 0.15) is 29.6 Å². The molecule has 0 atom stereocenters. The SMILES string of the molecule is COc1ccc(OCc2c(C(=O)Nc3cccc(OC)c3)noc2C)cc1. The third kappa shape index (κ3) is 4.38. The maximum atomic E-state index is 12.6. The predicted octanol–water partition coefficient (Wildman–Crippen LogP) is 3.83. The van der Waals surface area contributed by atoms with Gasteiger partial charge in [-0.25, -0.2) is 0 Å². The van der Waals surface area contributed by atoms with E-state index >= 15 is 0 Å². The van der Waals surface area contributed by atoms with E-state index in [0.29, 0.717) is 28.5 Å². The van der Waals surface area contributed by atoms with Gasteiger partial charge in [0.15, 0.2) is 5.69 Å². The molecular weight excluding hydrogens is 348 g/mol. The van der Waals surface area contributed by atoms with Crippen LogP contribution in [0.25, 0.3) is 0 Å². The molecule has 1 heterocycles. The van der Waals surface area contributed by atoms with Crippen LogP contribution in [0.3, 0.4) is 0 Å². The molecule has 0 bridgehead atoms. The number of hydrogen-bond donors (Lipinski definition) is 1. The van der Waals surface area contributed by atoms with Crippen LogP contribution in [0, 0.1) is 6.92 Å². The van der Waals surface area contributed by atoms with Crippen molar-refractivity contribution in [1.82, 2.24) is 5.16 Å².